The third kappa shape index (κ3) is 4.05. The zero-order valence-corrected chi connectivity index (χ0v) is 12.8. The second-order valence-corrected chi connectivity index (χ2v) is 6.37. The molecule has 0 radical (unpaired) electrons. The van der Waals surface area contributed by atoms with Gasteiger partial charge < -0.3 is 5.32 Å². The summed E-state index contributed by atoms with van der Waals surface area (Å²) < 4.78 is 0. The molecule has 5 nitrogen and oxygen atoms in total. The van der Waals surface area contributed by atoms with E-state index in [1.807, 2.05) is 13.8 Å². The molecular weight excluding hydrogens is 252 g/mol. The van der Waals surface area contributed by atoms with E-state index >= 15 is 0 Å². The summed E-state index contributed by atoms with van der Waals surface area (Å²) >= 11 is 0. The van der Waals surface area contributed by atoms with E-state index in [-0.39, 0.29) is 17.6 Å². The van der Waals surface area contributed by atoms with Gasteiger partial charge in [-0.3, -0.25) is 9.89 Å². The Labute approximate surface area is 120 Å². The largest absolute Gasteiger partial charge is 0.349 e. The maximum Gasteiger partial charge on any atom is 0.290 e. The summed E-state index contributed by atoms with van der Waals surface area (Å²) in [5.41, 5.74) is 0. The Hall–Kier alpha value is -1.39. The van der Waals surface area contributed by atoms with Gasteiger partial charge in [0.25, 0.3) is 5.91 Å². The van der Waals surface area contributed by atoms with Crippen LogP contribution in [-0.2, 0) is 0 Å². The monoisotopic (exact) mass is 278 g/mol. The summed E-state index contributed by atoms with van der Waals surface area (Å²) in [4.78, 5) is 16.1. The van der Waals surface area contributed by atoms with Gasteiger partial charge in [-0.1, -0.05) is 46.5 Å². The Kier molecular flexibility index (Phi) is 5.15. The quantitative estimate of drug-likeness (QED) is 0.870. The van der Waals surface area contributed by atoms with Crippen LogP contribution in [0.1, 0.15) is 75.2 Å². The normalized spacial score (nSPS) is 23.0. The fourth-order valence-electron chi connectivity index (χ4n) is 2.72. The number of hydrogen-bond acceptors (Lipinski definition) is 3. The predicted molar refractivity (Wildman–Crippen MR) is 78.5 cm³/mol. The molecule has 1 aliphatic carbocycles. The number of carbonyl (C=O) groups excluding carboxylic acids is 1. The summed E-state index contributed by atoms with van der Waals surface area (Å²) in [6.45, 7) is 7.09. The zero-order chi connectivity index (χ0) is 14.5. The lowest BCUT2D eigenvalue weighted by molar-refractivity contribution is 0.0939. The van der Waals surface area contributed by atoms with Gasteiger partial charge >= 0.3 is 0 Å². The van der Waals surface area contributed by atoms with Crippen LogP contribution in [0, 0.1) is 11.8 Å². The molecule has 1 saturated carbocycles. The van der Waals surface area contributed by atoms with Crippen molar-refractivity contribution in [1.82, 2.24) is 20.5 Å². The van der Waals surface area contributed by atoms with Crippen LogP contribution in [0.25, 0.3) is 0 Å². The Morgan fingerprint density at radius 1 is 1.35 bits per heavy atom. The minimum Gasteiger partial charge on any atom is -0.349 e. The van der Waals surface area contributed by atoms with Crippen LogP contribution < -0.4 is 5.32 Å². The standard InChI is InChI=1S/C15H26N4O/c1-10(2)13-17-14(19-18-13)15(20)16-9-8-12-6-4-11(3)5-7-12/h10-12H,4-9H2,1-3H3,(H,16,20)(H,17,18,19). The molecule has 0 atom stereocenters. The summed E-state index contributed by atoms with van der Waals surface area (Å²) in [6, 6.07) is 0. The van der Waals surface area contributed by atoms with E-state index in [9.17, 15) is 4.79 Å². The maximum absolute atomic E-state index is 11.9. The van der Waals surface area contributed by atoms with Crippen molar-refractivity contribution in [2.75, 3.05) is 6.54 Å². The molecule has 2 rings (SSSR count). The Morgan fingerprint density at radius 3 is 2.65 bits per heavy atom. The van der Waals surface area contributed by atoms with Crippen molar-refractivity contribution in [2.24, 2.45) is 11.8 Å². The first kappa shape index (κ1) is 15.0. The van der Waals surface area contributed by atoms with Gasteiger partial charge in [0.2, 0.25) is 5.82 Å². The number of amides is 1. The average Bonchev–Trinajstić information content (AvgIpc) is 2.91. The number of aromatic amines is 1. The highest BCUT2D eigenvalue weighted by Gasteiger charge is 2.19. The van der Waals surface area contributed by atoms with Gasteiger partial charge in [0.1, 0.15) is 5.82 Å². The van der Waals surface area contributed by atoms with Crippen molar-refractivity contribution in [1.29, 1.82) is 0 Å². The Morgan fingerprint density at radius 2 is 2.05 bits per heavy atom. The number of H-pyrrole nitrogens is 1. The fraction of sp³-hybridized carbons (Fsp3) is 0.800. The third-order valence-electron chi connectivity index (χ3n) is 4.23. The first-order valence-corrected chi connectivity index (χ1v) is 7.76. The van der Waals surface area contributed by atoms with Gasteiger partial charge in [-0.15, -0.1) is 5.10 Å². The molecule has 1 aromatic heterocycles. The molecule has 0 aromatic carbocycles. The SMILES string of the molecule is CC1CCC(CCNC(=O)c2n[nH]c(C(C)C)n2)CC1. The number of rotatable bonds is 5. The van der Waals surface area contributed by atoms with Crippen molar-refractivity contribution in [3.8, 4) is 0 Å². The number of nitrogens with zero attached hydrogens (tertiary/aromatic N) is 2. The molecule has 0 aliphatic heterocycles. The molecule has 0 spiro atoms. The number of aromatic nitrogens is 3. The van der Waals surface area contributed by atoms with Crippen LogP contribution in [0.15, 0.2) is 0 Å². The number of carbonyl (C=O) groups is 1. The molecule has 20 heavy (non-hydrogen) atoms. The minimum absolute atomic E-state index is 0.169. The van der Waals surface area contributed by atoms with E-state index in [4.69, 9.17) is 0 Å². The highest BCUT2D eigenvalue weighted by atomic mass is 16.2. The molecule has 1 aliphatic rings. The Bertz CT molecular complexity index is 433. The number of hydrogen-bond donors (Lipinski definition) is 2. The van der Waals surface area contributed by atoms with Gasteiger partial charge in [-0.25, -0.2) is 4.98 Å². The lowest BCUT2D eigenvalue weighted by Crippen LogP contribution is -2.27. The van der Waals surface area contributed by atoms with Gasteiger partial charge in [0.05, 0.1) is 0 Å². The molecule has 0 unspecified atom stereocenters. The van der Waals surface area contributed by atoms with E-state index in [1.165, 1.54) is 25.7 Å². The van der Waals surface area contributed by atoms with Crippen LogP contribution in [-0.4, -0.2) is 27.6 Å². The van der Waals surface area contributed by atoms with Crippen molar-refractivity contribution in [2.45, 2.75) is 58.8 Å². The van der Waals surface area contributed by atoms with Crippen LogP contribution in [0.3, 0.4) is 0 Å². The third-order valence-corrected chi connectivity index (χ3v) is 4.23. The first-order chi connectivity index (χ1) is 9.56. The molecule has 2 N–H and O–H groups in total. The number of nitrogens with one attached hydrogen (secondary N) is 2. The summed E-state index contributed by atoms with van der Waals surface area (Å²) in [7, 11) is 0. The topological polar surface area (TPSA) is 70.7 Å². The zero-order valence-electron chi connectivity index (χ0n) is 12.8. The lowest BCUT2D eigenvalue weighted by atomic mass is 9.81. The van der Waals surface area contributed by atoms with Gasteiger partial charge in [-0.2, -0.15) is 0 Å². The molecule has 1 aromatic rings. The van der Waals surface area contributed by atoms with Crippen molar-refractivity contribution < 1.29 is 4.79 Å². The minimum atomic E-state index is -0.169. The average molecular weight is 278 g/mol. The molecule has 1 fully saturated rings. The van der Waals surface area contributed by atoms with Gasteiger partial charge in [0, 0.05) is 12.5 Å². The second kappa shape index (κ2) is 6.86. The molecular formula is C15H26N4O. The van der Waals surface area contributed by atoms with Crippen molar-refractivity contribution in [3.05, 3.63) is 11.6 Å². The van der Waals surface area contributed by atoms with Crippen LogP contribution in [0.4, 0.5) is 0 Å². The van der Waals surface area contributed by atoms with Crippen molar-refractivity contribution in [3.63, 3.8) is 0 Å². The van der Waals surface area contributed by atoms with E-state index in [0.29, 0.717) is 0 Å². The van der Waals surface area contributed by atoms with Crippen LogP contribution in [0.2, 0.25) is 0 Å². The summed E-state index contributed by atoms with van der Waals surface area (Å²) in [5.74, 6) is 2.75. The second-order valence-electron chi connectivity index (χ2n) is 6.37. The summed E-state index contributed by atoms with van der Waals surface area (Å²) in [6.07, 6.45) is 6.33. The summed E-state index contributed by atoms with van der Waals surface area (Å²) in [5, 5.41) is 9.70. The predicted octanol–water partition coefficient (Wildman–Crippen LogP) is 2.87. The van der Waals surface area contributed by atoms with E-state index in [0.717, 1.165) is 30.6 Å². The van der Waals surface area contributed by atoms with E-state index in [2.05, 4.69) is 27.4 Å². The van der Waals surface area contributed by atoms with Crippen molar-refractivity contribution >= 4 is 5.91 Å². The molecule has 0 saturated heterocycles. The Balaban J connectivity index is 1.72. The van der Waals surface area contributed by atoms with E-state index < -0.39 is 0 Å². The molecule has 5 heteroatoms. The van der Waals surface area contributed by atoms with Gasteiger partial charge in [-0.05, 0) is 18.3 Å². The van der Waals surface area contributed by atoms with Gasteiger partial charge in [0.15, 0.2) is 0 Å². The van der Waals surface area contributed by atoms with Crippen LogP contribution in [0.5, 0.6) is 0 Å². The maximum atomic E-state index is 11.9. The molecule has 1 heterocycles. The van der Waals surface area contributed by atoms with Crippen LogP contribution >= 0.6 is 0 Å². The first-order valence-electron chi connectivity index (χ1n) is 7.76. The highest BCUT2D eigenvalue weighted by molar-refractivity contribution is 5.90. The van der Waals surface area contributed by atoms with E-state index in [1.54, 1.807) is 0 Å². The highest BCUT2D eigenvalue weighted by Crippen LogP contribution is 2.29. The molecule has 1 amide bonds. The molecule has 0 bridgehead atoms. The smallest absolute Gasteiger partial charge is 0.290 e. The lowest BCUT2D eigenvalue weighted by Gasteiger charge is -2.25. The molecule has 112 valence electrons. The fourth-order valence-corrected chi connectivity index (χ4v) is 2.72.